The first kappa shape index (κ1) is 15.6. The summed E-state index contributed by atoms with van der Waals surface area (Å²) in [7, 11) is 1.61. The van der Waals surface area contributed by atoms with Crippen LogP contribution in [0.2, 0.25) is 0 Å². The fourth-order valence-corrected chi connectivity index (χ4v) is 3.45. The van der Waals surface area contributed by atoms with Crippen molar-refractivity contribution in [3.8, 4) is 22.8 Å². The van der Waals surface area contributed by atoms with E-state index in [0.717, 1.165) is 38.9 Å². The highest BCUT2D eigenvalue weighted by molar-refractivity contribution is 5.89. The first-order valence-electron chi connectivity index (χ1n) is 8.63. The van der Waals surface area contributed by atoms with Crippen molar-refractivity contribution in [2.24, 2.45) is 0 Å². The minimum atomic E-state index is -0.255. The SMILES string of the molecule is COc1ccc2cc(-c3ccc(F)cc3)n(-c3ccc4[nH]ccc4c3)c2n1. The normalized spacial score (nSPS) is 11.3. The molecule has 5 aromatic rings. The predicted octanol–water partition coefficient (Wildman–Crippen LogP) is 5.32. The van der Waals surface area contributed by atoms with Crippen LogP contribution in [0.15, 0.2) is 72.9 Å². The van der Waals surface area contributed by atoms with Crippen molar-refractivity contribution in [3.63, 3.8) is 0 Å². The second kappa shape index (κ2) is 5.99. The fourth-order valence-electron chi connectivity index (χ4n) is 3.45. The molecule has 0 aliphatic rings. The lowest BCUT2D eigenvalue weighted by molar-refractivity contribution is 0.399. The van der Waals surface area contributed by atoms with Crippen LogP contribution in [-0.2, 0) is 0 Å². The maximum atomic E-state index is 13.4. The van der Waals surface area contributed by atoms with Crippen LogP contribution in [0.5, 0.6) is 5.88 Å². The van der Waals surface area contributed by atoms with Gasteiger partial charge in [-0.25, -0.2) is 4.39 Å². The summed E-state index contributed by atoms with van der Waals surface area (Å²) in [4.78, 5) is 7.87. The van der Waals surface area contributed by atoms with Gasteiger partial charge in [0, 0.05) is 34.2 Å². The number of hydrogen-bond donors (Lipinski definition) is 1. The highest BCUT2D eigenvalue weighted by atomic mass is 19.1. The number of aromatic amines is 1. The second-order valence-electron chi connectivity index (χ2n) is 6.39. The molecule has 0 atom stereocenters. The number of methoxy groups -OCH3 is 1. The van der Waals surface area contributed by atoms with Crippen LogP contribution < -0.4 is 4.74 Å². The summed E-state index contributed by atoms with van der Waals surface area (Å²) in [6, 6.07) is 20.7. The number of rotatable bonds is 3. The monoisotopic (exact) mass is 357 g/mol. The number of halogens is 1. The van der Waals surface area contributed by atoms with Crippen molar-refractivity contribution < 1.29 is 9.13 Å². The molecule has 0 fully saturated rings. The van der Waals surface area contributed by atoms with Gasteiger partial charge in [0.25, 0.3) is 0 Å². The number of nitrogens with zero attached hydrogens (tertiary/aromatic N) is 2. The van der Waals surface area contributed by atoms with E-state index < -0.39 is 0 Å². The van der Waals surface area contributed by atoms with Crippen molar-refractivity contribution in [1.29, 1.82) is 0 Å². The highest BCUT2D eigenvalue weighted by Crippen LogP contribution is 2.32. The highest BCUT2D eigenvalue weighted by Gasteiger charge is 2.15. The third-order valence-corrected chi connectivity index (χ3v) is 4.77. The van der Waals surface area contributed by atoms with Crippen molar-refractivity contribution in [2.45, 2.75) is 0 Å². The molecule has 5 rings (SSSR count). The average molecular weight is 357 g/mol. The Morgan fingerprint density at radius 2 is 1.78 bits per heavy atom. The van der Waals surface area contributed by atoms with E-state index in [1.54, 1.807) is 19.2 Å². The quantitative estimate of drug-likeness (QED) is 0.475. The third-order valence-electron chi connectivity index (χ3n) is 4.77. The second-order valence-corrected chi connectivity index (χ2v) is 6.39. The lowest BCUT2D eigenvalue weighted by Crippen LogP contribution is -1.99. The zero-order valence-corrected chi connectivity index (χ0v) is 14.6. The number of hydrogen-bond acceptors (Lipinski definition) is 2. The molecule has 0 bridgehead atoms. The van der Waals surface area contributed by atoms with Gasteiger partial charge in [-0.3, -0.25) is 4.57 Å². The Labute approximate surface area is 154 Å². The third kappa shape index (κ3) is 2.56. The Morgan fingerprint density at radius 3 is 2.59 bits per heavy atom. The lowest BCUT2D eigenvalue weighted by atomic mass is 10.1. The number of nitrogens with one attached hydrogen (secondary N) is 1. The van der Waals surface area contributed by atoms with E-state index in [2.05, 4.69) is 26.7 Å². The molecule has 0 saturated carbocycles. The molecule has 0 aliphatic heterocycles. The van der Waals surface area contributed by atoms with Crippen LogP contribution in [0.3, 0.4) is 0 Å². The van der Waals surface area contributed by atoms with Crippen LogP contribution in [-0.4, -0.2) is 21.6 Å². The van der Waals surface area contributed by atoms with Crippen LogP contribution >= 0.6 is 0 Å². The molecule has 2 aromatic carbocycles. The molecular formula is C22H16FN3O. The molecule has 132 valence electrons. The first-order valence-corrected chi connectivity index (χ1v) is 8.63. The number of fused-ring (bicyclic) bond motifs is 2. The lowest BCUT2D eigenvalue weighted by Gasteiger charge is -2.11. The molecule has 0 saturated heterocycles. The van der Waals surface area contributed by atoms with Crippen molar-refractivity contribution in [1.82, 2.24) is 14.5 Å². The van der Waals surface area contributed by atoms with Gasteiger partial charge in [0.2, 0.25) is 5.88 Å². The Morgan fingerprint density at radius 1 is 0.926 bits per heavy atom. The largest absolute Gasteiger partial charge is 0.481 e. The maximum Gasteiger partial charge on any atom is 0.214 e. The molecular weight excluding hydrogens is 341 g/mol. The standard InChI is InChI=1S/C22H16FN3O/c1-27-21-9-4-16-13-20(14-2-5-17(23)6-3-14)26(22(16)25-21)18-7-8-19-15(12-18)10-11-24-19/h2-13,24H,1H3. The van der Waals surface area contributed by atoms with Gasteiger partial charge in [0.15, 0.2) is 0 Å². The fraction of sp³-hybridized carbons (Fsp3) is 0.0455. The smallest absolute Gasteiger partial charge is 0.214 e. The van der Waals surface area contributed by atoms with Gasteiger partial charge in [-0.05, 0) is 66.2 Å². The van der Waals surface area contributed by atoms with Gasteiger partial charge >= 0.3 is 0 Å². The van der Waals surface area contributed by atoms with Gasteiger partial charge in [-0.15, -0.1) is 0 Å². The molecule has 0 aliphatic carbocycles. The number of aromatic nitrogens is 3. The molecule has 5 heteroatoms. The molecule has 27 heavy (non-hydrogen) atoms. The number of H-pyrrole nitrogens is 1. The molecule has 4 nitrogen and oxygen atoms in total. The summed E-state index contributed by atoms with van der Waals surface area (Å²) in [5.41, 5.74) is 4.72. The zero-order valence-electron chi connectivity index (χ0n) is 14.6. The van der Waals surface area contributed by atoms with E-state index in [1.165, 1.54) is 12.1 Å². The molecule has 0 unspecified atom stereocenters. The van der Waals surface area contributed by atoms with Crippen LogP contribution in [0, 0.1) is 5.82 Å². The van der Waals surface area contributed by atoms with Crippen LogP contribution in [0.1, 0.15) is 0 Å². The van der Waals surface area contributed by atoms with E-state index in [0.29, 0.717) is 5.88 Å². The van der Waals surface area contributed by atoms with Crippen molar-refractivity contribution >= 4 is 21.9 Å². The average Bonchev–Trinajstić information content (AvgIpc) is 3.31. The summed E-state index contributed by atoms with van der Waals surface area (Å²) in [5.74, 6) is 0.296. The maximum absolute atomic E-state index is 13.4. The summed E-state index contributed by atoms with van der Waals surface area (Å²) in [5, 5.41) is 2.10. The number of ether oxygens (including phenoxy) is 1. The number of pyridine rings is 1. The molecule has 0 amide bonds. The van der Waals surface area contributed by atoms with E-state index in [4.69, 9.17) is 4.74 Å². The first-order chi connectivity index (χ1) is 13.2. The van der Waals surface area contributed by atoms with E-state index in [9.17, 15) is 4.39 Å². The summed E-state index contributed by atoms with van der Waals surface area (Å²) >= 11 is 0. The molecule has 0 spiro atoms. The van der Waals surface area contributed by atoms with Crippen molar-refractivity contribution in [3.05, 3.63) is 78.7 Å². The predicted molar refractivity (Wildman–Crippen MR) is 105 cm³/mol. The Hall–Kier alpha value is -3.60. The Balaban J connectivity index is 1.83. The molecule has 1 N–H and O–H groups in total. The van der Waals surface area contributed by atoms with Crippen LogP contribution in [0.4, 0.5) is 4.39 Å². The molecule has 3 aromatic heterocycles. The van der Waals surface area contributed by atoms with E-state index in [-0.39, 0.29) is 5.82 Å². The van der Waals surface area contributed by atoms with E-state index in [1.807, 2.05) is 36.5 Å². The van der Waals surface area contributed by atoms with Crippen LogP contribution in [0.25, 0.3) is 38.9 Å². The number of benzene rings is 2. The van der Waals surface area contributed by atoms with Gasteiger partial charge in [-0.2, -0.15) is 4.98 Å². The molecule has 3 heterocycles. The Kier molecular flexibility index (Phi) is 3.47. The van der Waals surface area contributed by atoms with Gasteiger partial charge < -0.3 is 9.72 Å². The molecule has 0 radical (unpaired) electrons. The van der Waals surface area contributed by atoms with Crippen molar-refractivity contribution in [2.75, 3.05) is 7.11 Å². The topological polar surface area (TPSA) is 42.8 Å². The minimum Gasteiger partial charge on any atom is -0.481 e. The van der Waals surface area contributed by atoms with E-state index >= 15 is 0 Å². The Bertz CT molecular complexity index is 1270. The van der Waals surface area contributed by atoms with Gasteiger partial charge in [0.05, 0.1) is 12.8 Å². The minimum absolute atomic E-state index is 0.255. The summed E-state index contributed by atoms with van der Waals surface area (Å²) in [6.07, 6.45) is 1.92. The summed E-state index contributed by atoms with van der Waals surface area (Å²) < 4.78 is 20.8. The zero-order chi connectivity index (χ0) is 18.4. The van der Waals surface area contributed by atoms with Gasteiger partial charge in [0.1, 0.15) is 11.5 Å². The van der Waals surface area contributed by atoms with Gasteiger partial charge in [-0.1, -0.05) is 0 Å². The summed E-state index contributed by atoms with van der Waals surface area (Å²) in [6.45, 7) is 0.